The topological polar surface area (TPSA) is 18.3 Å². The van der Waals surface area contributed by atoms with Crippen molar-refractivity contribution in [2.75, 3.05) is 11.7 Å². The molecule has 0 saturated carbocycles. The molecule has 3 aromatic carbocycles. The molecular formula is C32H42N3+. The summed E-state index contributed by atoms with van der Waals surface area (Å²) < 4.78 is 2.52. The number of para-hydroxylation sites is 2. The van der Waals surface area contributed by atoms with E-state index in [-0.39, 0.29) is 0 Å². The molecule has 0 amide bonds. The maximum absolute atomic E-state index is 3.87. The van der Waals surface area contributed by atoms with Gasteiger partial charge in [-0.3, -0.25) is 0 Å². The van der Waals surface area contributed by atoms with Crippen molar-refractivity contribution in [3.8, 4) is 0 Å². The summed E-state index contributed by atoms with van der Waals surface area (Å²) >= 11 is 0. The van der Waals surface area contributed by atoms with Crippen molar-refractivity contribution in [3.05, 3.63) is 94.5 Å². The third-order valence-corrected chi connectivity index (χ3v) is 7.07. The average Bonchev–Trinajstić information content (AvgIpc) is 3.28. The summed E-state index contributed by atoms with van der Waals surface area (Å²) in [6.45, 7) is 19.2. The summed E-state index contributed by atoms with van der Waals surface area (Å²) in [6.07, 6.45) is 0. The molecule has 0 radical (unpaired) electrons. The van der Waals surface area contributed by atoms with Gasteiger partial charge in [-0.25, -0.2) is 4.58 Å². The van der Waals surface area contributed by atoms with Gasteiger partial charge in [0.2, 0.25) is 0 Å². The Morgan fingerprint density at radius 3 is 1.51 bits per heavy atom. The number of anilines is 1. The quantitative estimate of drug-likeness (QED) is 0.352. The number of hydrogen-bond donors (Lipinski definition) is 1. The smallest absolute Gasteiger partial charge is 0.203 e. The van der Waals surface area contributed by atoms with Crippen LogP contribution in [0.2, 0.25) is 0 Å². The van der Waals surface area contributed by atoms with E-state index in [4.69, 9.17) is 0 Å². The molecule has 0 spiro atoms. The number of rotatable bonds is 7. The van der Waals surface area contributed by atoms with E-state index >= 15 is 0 Å². The second-order valence-corrected chi connectivity index (χ2v) is 11.0. The lowest BCUT2D eigenvalue weighted by Gasteiger charge is -2.24. The zero-order valence-corrected chi connectivity index (χ0v) is 22.8. The third kappa shape index (κ3) is 4.87. The molecule has 0 fully saturated rings. The fourth-order valence-corrected chi connectivity index (χ4v) is 5.21. The normalized spacial score (nSPS) is 14.1. The Hall–Kier alpha value is -3.07. The van der Waals surface area contributed by atoms with Crippen LogP contribution in [0.5, 0.6) is 0 Å². The van der Waals surface area contributed by atoms with Gasteiger partial charge in [-0.05, 0) is 46.9 Å². The van der Waals surface area contributed by atoms with Crippen molar-refractivity contribution in [1.82, 2.24) is 5.43 Å². The lowest BCUT2D eigenvalue weighted by molar-refractivity contribution is -0.431. The summed E-state index contributed by atoms with van der Waals surface area (Å²) in [7, 11) is 0. The fourth-order valence-electron chi connectivity index (χ4n) is 5.21. The molecule has 35 heavy (non-hydrogen) atoms. The monoisotopic (exact) mass is 468 g/mol. The first-order valence-electron chi connectivity index (χ1n) is 13.2. The first-order chi connectivity index (χ1) is 16.7. The predicted octanol–water partition coefficient (Wildman–Crippen LogP) is 8.25. The number of nitrogens with one attached hydrogen (secondary N) is 1. The van der Waals surface area contributed by atoms with Crippen LogP contribution in [-0.2, 0) is 0 Å². The number of benzene rings is 3. The van der Waals surface area contributed by atoms with Crippen LogP contribution in [0.1, 0.15) is 107 Å². The largest absolute Gasteiger partial charge is 0.307 e. The summed E-state index contributed by atoms with van der Waals surface area (Å²) in [4.78, 5) is 0. The predicted molar refractivity (Wildman–Crippen MR) is 150 cm³/mol. The summed E-state index contributed by atoms with van der Waals surface area (Å²) in [5, 5.41) is 2.38. The van der Waals surface area contributed by atoms with E-state index < -0.39 is 0 Å². The minimum atomic E-state index is 0.434. The van der Waals surface area contributed by atoms with Gasteiger partial charge in [0.25, 0.3) is 0 Å². The van der Waals surface area contributed by atoms with Crippen LogP contribution in [-0.4, -0.2) is 17.1 Å². The first kappa shape index (κ1) is 25.0. The van der Waals surface area contributed by atoms with Crippen LogP contribution in [0.25, 0.3) is 0 Å². The van der Waals surface area contributed by atoms with E-state index in [1.165, 1.54) is 39.2 Å². The fraction of sp³-hybridized carbons (Fsp3) is 0.406. The van der Waals surface area contributed by atoms with Gasteiger partial charge in [-0.1, -0.05) is 110 Å². The highest BCUT2D eigenvalue weighted by Crippen LogP contribution is 2.39. The van der Waals surface area contributed by atoms with Crippen LogP contribution in [0.4, 0.5) is 11.4 Å². The summed E-state index contributed by atoms with van der Waals surface area (Å²) in [5.41, 5.74) is 13.3. The summed E-state index contributed by atoms with van der Waals surface area (Å²) in [5.74, 6) is 2.89. The zero-order valence-electron chi connectivity index (χ0n) is 22.8. The summed E-state index contributed by atoms with van der Waals surface area (Å²) in [6, 6.07) is 24.4. The highest BCUT2D eigenvalue weighted by Gasteiger charge is 2.36. The second-order valence-electron chi connectivity index (χ2n) is 11.0. The molecule has 4 rings (SSSR count). The van der Waals surface area contributed by atoms with Crippen molar-refractivity contribution in [2.45, 2.75) is 79.1 Å². The van der Waals surface area contributed by atoms with Crippen LogP contribution >= 0.6 is 0 Å². The molecule has 1 heterocycles. The molecule has 1 aliphatic rings. The standard InChI is InChI=1S/C32H41N3/c1-21(2)26-16-12-17-27(22(3)4)30(26)34-20-35(33-32(34)25-14-10-9-11-15-25)31-28(23(5)6)18-13-19-29(31)24(7)8/h9-19,21-24H,20H2,1-8H3/p+1. The molecule has 0 atom stereocenters. The maximum Gasteiger partial charge on any atom is 0.307 e. The molecule has 3 aromatic rings. The molecule has 184 valence electrons. The van der Waals surface area contributed by atoms with Gasteiger partial charge in [-0.2, -0.15) is 10.4 Å². The zero-order chi connectivity index (χ0) is 25.3. The molecule has 1 aliphatic heterocycles. The van der Waals surface area contributed by atoms with Gasteiger partial charge in [0.15, 0.2) is 6.67 Å². The Balaban J connectivity index is 1.96. The van der Waals surface area contributed by atoms with E-state index in [1.54, 1.807) is 0 Å². The van der Waals surface area contributed by atoms with Gasteiger partial charge < -0.3 is 0 Å². The maximum atomic E-state index is 3.87. The number of hydrogen-bond acceptors (Lipinski definition) is 2. The van der Waals surface area contributed by atoms with Crippen LogP contribution in [0, 0.1) is 0 Å². The van der Waals surface area contributed by atoms with Gasteiger partial charge in [-0.15, -0.1) is 0 Å². The Labute approximate surface area is 212 Å². The van der Waals surface area contributed by atoms with Crippen molar-refractivity contribution in [2.24, 2.45) is 0 Å². The molecule has 0 unspecified atom stereocenters. The molecule has 0 bridgehead atoms. The van der Waals surface area contributed by atoms with Crippen LogP contribution in [0.3, 0.4) is 0 Å². The Kier molecular flexibility index (Phi) is 7.35. The molecule has 1 N–H and O–H groups in total. The van der Waals surface area contributed by atoms with Gasteiger partial charge in [0.05, 0.1) is 11.3 Å². The Bertz CT molecular complexity index is 1150. The second kappa shape index (κ2) is 10.3. The number of nitrogens with zero attached hydrogens (tertiary/aromatic N) is 2. The van der Waals surface area contributed by atoms with Gasteiger partial charge in [0, 0.05) is 11.1 Å². The van der Waals surface area contributed by atoms with Crippen LogP contribution in [0.15, 0.2) is 66.7 Å². The van der Waals surface area contributed by atoms with Crippen LogP contribution < -0.4 is 10.4 Å². The van der Waals surface area contributed by atoms with Gasteiger partial charge >= 0.3 is 5.84 Å². The molecule has 0 aromatic heterocycles. The number of hydrazine groups is 1. The highest BCUT2D eigenvalue weighted by molar-refractivity contribution is 5.98. The lowest BCUT2D eigenvalue weighted by atomic mass is 9.92. The third-order valence-electron chi connectivity index (χ3n) is 7.07. The average molecular weight is 469 g/mol. The van der Waals surface area contributed by atoms with E-state index in [1.807, 2.05) is 0 Å². The molecule has 0 saturated heterocycles. The SMILES string of the molecule is CC(C)c1cccc(C(C)C)c1N1C[N+](c2c(C(C)C)cccc2C(C)C)=C(c2ccccc2)N1. The molecule has 0 aliphatic carbocycles. The van der Waals surface area contributed by atoms with E-state index in [2.05, 4.69) is 137 Å². The van der Waals surface area contributed by atoms with E-state index in [9.17, 15) is 0 Å². The van der Waals surface area contributed by atoms with Gasteiger partial charge in [0.1, 0.15) is 5.69 Å². The van der Waals surface area contributed by atoms with Crippen molar-refractivity contribution in [1.29, 1.82) is 0 Å². The highest BCUT2D eigenvalue weighted by atomic mass is 15.6. The molecule has 3 nitrogen and oxygen atoms in total. The molecule has 3 heteroatoms. The van der Waals surface area contributed by atoms with Crippen molar-refractivity contribution >= 4 is 17.2 Å². The Morgan fingerprint density at radius 2 is 1.06 bits per heavy atom. The number of amidine groups is 1. The van der Waals surface area contributed by atoms with Crippen molar-refractivity contribution < 1.29 is 4.58 Å². The van der Waals surface area contributed by atoms with E-state index in [0.29, 0.717) is 23.7 Å². The van der Waals surface area contributed by atoms with E-state index in [0.717, 1.165) is 12.5 Å². The minimum Gasteiger partial charge on any atom is -0.203 e. The Morgan fingerprint density at radius 1 is 0.600 bits per heavy atom. The lowest BCUT2D eigenvalue weighted by Crippen LogP contribution is -2.38. The minimum absolute atomic E-state index is 0.434. The van der Waals surface area contributed by atoms with Crippen molar-refractivity contribution in [3.63, 3.8) is 0 Å². The first-order valence-corrected chi connectivity index (χ1v) is 13.2. The molecular weight excluding hydrogens is 426 g/mol.